The number of H-pyrrole nitrogens is 1. The van der Waals surface area contributed by atoms with Gasteiger partial charge in [0, 0.05) is 35.7 Å². The molecule has 0 bridgehead atoms. The van der Waals surface area contributed by atoms with E-state index in [4.69, 9.17) is 10.00 Å². The van der Waals surface area contributed by atoms with E-state index in [1.54, 1.807) is 36.5 Å². The zero-order valence-corrected chi connectivity index (χ0v) is 14.7. The van der Waals surface area contributed by atoms with E-state index < -0.39 is 5.82 Å². The topological polar surface area (TPSA) is 91.7 Å². The first-order chi connectivity index (χ1) is 13.6. The molecule has 0 radical (unpaired) electrons. The molecule has 0 aliphatic heterocycles. The predicted octanol–water partition coefficient (Wildman–Crippen LogP) is 3.67. The van der Waals surface area contributed by atoms with Crippen LogP contribution < -0.4 is 10.2 Å². The first-order valence-electron chi connectivity index (χ1n) is 8.34. The number of methoxy groups -OCH3 is 1. The van der Waals surface area contributed by atoms with E-state index in [9.17, 15) is 9.18 Å². The van der Waals surface area contributed by atoms with Crippen molar-refractivity contribution in [3.05, 3.63) is 76.5 Å². The lowest BCUT2D eigenvalue weighted by Crippen LogP contribution is -2.04. The summed E-state index contributed by atoms with van der Waals surface area (Å²) in [5, 5.41) is 9.54. The van der Waals surface area contributed by atoms with Crippen LogP contribution in [0.3, 0.4) is 0 Å². The van der Waals surface area contributed by atoms with Crippen molar-refractivity contribution in [1.29, 1.82) is 5.26 Å². The standard InChI is InChI=1S/C21H13FN4O2/c1-28-18-9-12(5-7-24-18)15-10-16-17(27)6-8-25-21(16)26-20(15)14-4-2-3-13(11-23)19(14)22/h2-10H,1H3,(H,25,26,27). The fraction of sp³-hybridized carbons (Fsp3) is 0.0476. The van der Waals surface area contributed by atoms with Crippen LogP contribution in [0, 0.1) is 17.1 Å². The van der Waals surface area contributed by atoms with Gasteiger partial charge >= 0.3 is 0 Å². The molecule has 0 fully saturated rings. The number of ether oxygens (including phenoxy) is 1. The molecule has 0 aliphatic carbocycles. The zero-order valence-electron chi connectivity index (χ0n) is 14.7. The number of aromatic nitrogens is 3. The summed E-state index contributed by atoms with van der Waals surface area (Å²) in [5.41, 5.74) is 1.68. The Kier molecular flexibility index (Phi) is 4.30. The Labute approximate surface area is 158 Å². The number of nitrogens with zero attached hydrogens (tertiary/aromatic N) is 3. The molecule has 136 valence electrons. The summed E-state index contributed by atoms with van der Waals surface area (Å²) in [4.78, 5) is 23.8. The number of hydrogen-bond acceptors (Lipinski definition) is 5. The van der Waals surface area contributed by atoms with Crippen molar-refractivity contribution in [3.63, 3.8) is 0 Å². The smallest absolute Gasteiger partial charge is 0.213 e. The second-order valence-electron chi connectivity index (χ2n) is 5.99. The quantitative estimate of drug-likeness (QED) is 0.592. The van der Waals surface area contributed by atoms with Gasteiger partial charge in [-0.25, -0.2) is 14.4 Å². The average molecular weight is 372 g/mol. The highest BCUT2D eigenvalue weighted by Gasteiger charge is 2.18. The highest BCUT2D eigenvalue weighted by molar-refractivity contribution is 5.90. The number of nitriles is 1. The summed E-state index contributed by atoms with van der Waals surface area (Å²) in [5.74, 6) is -0.297. The Balaban J connectivity index is 2.10. The van der Waals surface area contributed by atoms with E-state index in [0.717, 1.165) is 0 Å². The summed E-state index contributed by atoms with van der Waals surface area (Å²) >= 11 is 0. The lowest BCUT2D eigenvalue weighted by molar-refractivity contribution is 0.398. The van der Waals surface area contributed by atoms with E-state index in [1.165, 1.54) is 25.4 Å². The van der Waals surface area contributed by atoms with Gasteiger partial charge in [0.05, 0.1) is 23.8 Å². The summed E-state index contributed by atoms with van der Waals surface area (Å²) in [6.45, 7) is 0. The number of nitrogens with one attached hydrogen (secondary N) is 1. The minimum atomic E-state index is -0.669. The Morgan fingerprint density at radius 1 is 1.18 bits per heavy atom. The van der Waals surface area contributed by atoms with Crippen molar-refractivity contribution in [2.45, 2.75) is 0 Å². The molecule has 1 aromatic carbocycles. The van der Waals surface area contributed by atoms with E-state index in [-0.39, 0.29) is 16.6 Å². The number of benzene rings is 1. The van der Waals surface area contributed by atoms with Crippen LogP contribution in [-0.2, 0) is 0 Å². The second-order valence-corrected chi connectivity index (χ2v) is 5.99. The maximum atomic E-state index is 14.9. The maximum absolute atomic E-state index is 14.9. The number of hydrogen-bond donors (Lipinski definition) is 1. The molecule has 1 N–H and O–H groups in total. The van der Waals surface area contributed by atoms with Crippen LogP contribution in [0.25, 0.3) is 33.4 Å². The number of rotatable bonds is 3. The van der Waals surface area contributed by atoms with E-state index in [2.05, 4.69) is 15.0 Å². The van der Waals surface area contributed by atoms with Gasteiger partial charge in [0.2, 0.25) is 5.88 Å². The fourth-order valence-electron chi connectivity index (χ4n) is 3.01. The van der Waals surface area contributed by atoms with Crippen molar-refractivity contribution in [2.75, 3.05) is 7.11 Å². The lowest BCUT2D eigenvalue weighted by atomic mass is 9.97. The molecule has 3 heterocycles. The summed E-state index contributed by atoms with van der Waals surface area (Å²) in [7, 11) is 1.49. The molecule has 0 spiro atoms. The van der Waals surface area contributed by atoms with Crippen LogP contribution in [-0.4, -0.2) is 22.1 Å². The molecule has 3 aromatic heterocycles. The molecular formula is C21H13FN4O2. The van der Waals surface area contributed by atoms with Crippen molar-refractivity contribution in [3.8, 4) is 34.3 Å². The highest BCUT2D eigenvalue weighted by atomic mass is 19.1. The van der Waals surface area contributed by atoms with Crippen LogP contribution in [0.1, 0.15) is 5.56 Å². The van der Waals surface area contributed by atoms with Crippen molar-refractivity contribution < 1.29 is 9.13 Å². The van der Waals surface area contributed by atoms with E-state index in [1.807, 2.05) is 6.07 Å². The lowest BCUT2D eigenvalue weighted by Gasteiger charge is -2.13. The Morgan fingerprint density at radius 3 is 2.82 bits per heavy atom. The number of halogens is 1. The third-order valence-electron chi connectivity index (χ3n) is 4.37. The zero-order chi connectivity index (χ0) is 19.7. The Hall–Kier alpha value is -4.05. The molecule has 28 heavy (non-hydrogen) atoms. The molecular weight excluding hydrogens is 359 g/mol. The fourth-order valence-corrected chi connectivity index (χ4v) is 3.01. The van der Waals surface area contributed by atoms with Crippen LogP contribution in [0.2, 0.25) is 0 Å². The van der Waals surface area contributed by atoms with Gasteiger partial charge in [-0.1, -0.05) is 6.07 Å². The number of pyridine rings is 3. The molecule has 0 saturated carbocycles. The van der Waals surface area contributed by atoms with Gasteiger partial charge in [-0.15, -0.1) is 0 Å². The Morgan fingerprint density at radius 2 is 2.04 bits per heavy atom. The second kappa shape index (κ2) is 6.93. The Bertz CT molecular complexity index is 1310. The van der Waals surface area contributed by atoms with Crippen molar-refractivity contribution in [1.82, 2.24) is 15.0 Å². The predicted molar refractivity (Wildman–Crippen MR) is 102 cm³/mol. The molecule has 4 rings (SSSR count). The first kappa shape index (κ1) is 17.4. The van der Waals surface area contributed by atoms with Crippen LogP contribution in [0.15, 0.2) is 59.7 Å². The molecule has 0 aliphatic rings. The number of fused-ring (bicyclic) bond motifs is 1. The summed E-state index contributed by atoms with van der Waals surface area (Å²) < 4.78 is 20.1. The van der Waals surface area contributed by atoms with Gasteiger partial charge in [-0.3, -0.25) is 4.79 Å². The molecule has 7 heteroatoms. The van der Waals surface area contributed by atoms with Gasteiger partial charge < -0.3 is 9.72 Å². The van der Waals surface area contributed by atoms with Crippen molar-refractivity contribution in [2.24, 2.45) is 0 Å². The average Bonchev–Trinajstić information content (AvgIpc) is 2.73. The van der Waals surface area contributed by atoms with Gasteiger partial charge in [-0.2, -0.15) is 5.26 Å². The molecule has 0 unspecified atom stereocenters. The van der Waals surface area contributed by atoms with E-state index in [0.29, 0.717) is 33.7 Å². The van der Waals surface area contributed by atoms with Gasteiger partial charge in [0.1, 0.15) is 17.5 Å². The minimum Gasteiger partial charge on any atom is -0.481 e. The molecule has 0 atom stereocenters. The molecule has 4 aromatic rings. The van der Waals surface area contributed by atoms with E-state index >= 15 is 0 Å². The molecule has 0 amide bonds. The van der Waals surface area contributed by atoms with Gasteiger partial charge in [-0.05, 0) is 29.8 Å². The van der Waals surface area contributed by atoms with Crippen LogP contribution in [0.5, 0.6) is 5.88 Å². The monoisotopic (exact) mass is 372 g/mol. The minimum absolute atomic E-state index is 0.0841. The van der Waals surface area contributed by atoms with Crippen LogP contribution in [0.4, 0.5) is 4.39 Å². The largest absolute Gasteiger partial charge is 0.481 e. The third-order valence-corrected chi connectivity index (χ3v) is 4.37. The molecule has 6 nitrogen and oxygen atoms in total. The van der Waals surface area contributed by atoms with Gasteiger partial charge in [0.25, 0.3) is 0 Å². The van der Waals surface area contributed by atoms with Gasteiger partial charge in [0.15, 0.2) is 5.43 Å². The third kappa shape index (κ3) is 2.87. The number of aromatic amines is 1. The summed E-state index contributed by atoms with van der Waals surface area (Å²) in [6, 6.07) is 12.8. The summed E-state index contributed by atoms with van der Waals surface area (Å²) in [6.07, 6.45) is 3.04. The maximum Gasteiger partial charge on any atom is 0.213 e. The van der Waals surface area contributed by atoms with Crippen LogP contribution >= 0.6 is 0 Å². The van der Waals surface area contributed by atoms with Crippen molar-refractivity contribution >= 4 is 11.0 Å². The first-order valence-corrected chi connectivity index (χ1v) is 8.34. The normalized spacial score (nSPS) is 10.6. The molecule has 0 saturated heterocycles. The SMILES string of the molecule is COc1cc(-c2cc3c(=O)cc[nH]c3nc2-c2cccc(C#N)c2F)ccn1. The highest BCUT2D eigenvalue weighted by Crippen LogP contribution is 2.35.